The molecule has 0 aliphatic heterocycles. The molecule has 0 rings (SSSR count). The van der Waals surface area contributed by atoms with Crippen molar-refractivity contribution in [3.05, 3.63) is 0 Å². The van der Waals surface area contributed by atoms with Crippen molar-refractivity contribution < 1.29 is 5.11 Å². The van der Waals surface area contributed by atoms with Gasteiger partial charge < -0.3 is 10.4 Å². The van der Waals surface area contributed by atoms with Gasteiger partial charge in [-0.2, -0.15) is 5.26 Å². The normalized spacial score (nSPS) is 10.7. The van der Waals surface area contributed by atoms with E-state index in [0.717, 1.165) is 12.8 Å². The largest absolute Gasteiger partial charge is 0.396 e. The fraction of sp³-hybridized carbons (Fsp3) is 0.875. The Kier molecular flexibility index (Phi) is 4.64. The van der Waals surface area contributed by atoms with Crippen LogP contribution in [0, 0.1) is 16.9 Å². The van der Waals surface area contributed by atoms with Crippen LogP contribution in [0.3, 0.4) is 0 Å². The van der Waals surface area contributed by atoms with Gasteiger partial charge in [0, 0.05) is 12.0 Å². The average Bonchev–Trinajstić information content (AvgIpc) is 2.08. The summed E-state index contributed by atoms with van der Waals surface area (Å²) >= 11 is 0. The van der Waals surface area contributed by atoms with E-state index in [2.05, 4.69) is 5.32 Å². The average molecular weight is 156 g/mol. The maximum absolute atomic E-state index is 9.05. The summed E-state index contributed by atoms with van der Waals surface area (Å²) in [5.74, 6) is 0. The summed E-state index contributed by atoms with van der Waals surface area (Å²) in [4.78, 5) is 0. The molecule has 0 aromatic rings. The lowest BCUT2D eigenvalue weighted by Crippen LogP contribution is -2.34. The fourth-order valence-electron chi connectivity index (χ4n) is 1.01. The standard InChI is InChI=1S/C8H16N2O/c1-3-8(4-2,6-11)5-10-7-9/h10-11H,3-6H2,1-2H3. The molecule has 3 nitrogen and oxygen atoms in total. The maximum atomic E-state index is 9.05. The minimum atomic E-state index is -0.101. The number of rotatable bonds is 5. The van der Waals surface area contributed by atoms with Crippen molar-refractivity contribution in [3.63, 3.8) is 0 Å². The van der Waals surface area contributed by atoms with Crippen LogP contribution in [0.1, 0.15) is 26.7 Å². The number of aliphatic hydroxyl groups excluding tert-OH is 1. The van der Waals surface area contributed by atoms with Crippen LogP contribution in [0.4, 0.5) is 0 Å². The number of hydrogen-bond acceptors (Lipinski definition) is 3. The van der Waals surface area contributed by atoms with E-state index in [1.165, 1.54) is 0 Å². The first-order chi connectivity index (χ1) is 5.24. The first-order valence-corrected chi connectivity index (χ1v) is 3.97. The van der Waals surface area contributed by atoms with Crippen LogP contribution in [0.5, 0.6) is 0 Å². The van der Waals surface area contributed by atoms with Gasteiger partial charge in [0.25, 0.3) is 0 Å². The second-order valence-corrected chi connectivity index (χ2v) is 2.83. The smallest absolute Gasteiger partial charge is 0.176 e. The Morgan fingerprint density at radius 1 is 1.45 bits per heavy atom. The molecule has 0 aliphatic carbocycles. The molecule has 2 N–H and O–H groups in total. The van der Waals surface area contributed by atoms with Gasteiger partial charge in [0.05, 0.1) is 6.61 Å². The summed E-state index contributed by atoms with van der Waals surface area (Å²) in [6, 6.07) is 0. The maximum Gasteiger partial charge on any atom is 0.176 e. The number of aliphatic hydroxyl groups is 1. The number of nitriles is 1. The van der Waals surface area contributed by atoms with Crippen molar-refractivity contribution in [2.75, 3.05) is 13.2 Å². The molecule has 0 atom stereocenters. The van der Waals surface area contributed by atoms with Gasteiger partial charge in [-0.05, 0) is 12.8 Å². The first-order valence-electron chi connectivity index (χ1n) is 3.97. The second kappa shape index (κ2) is 4.97. The highest BCUT2D eigenvalue weighted by atomic mass is 16.3. The van der Waals surface area contributed by atoms with Gasteiger partial charge in [0.15, 0.2) is 6.19 Å². The van der Waals surface area contributed by atoms with Crippen molar-refractivity contribution in [2.45, 2.75) is 26.7 Å². The van der Waals surface area contributed by atoms with Crippen LogP contribution >= 0.6 is 0 Å². The Bertz CT molecular complexity index is 127. The lowest BCUT2D eigenvalue weighted by molar-refractivity contribution is 0.117. The van der Waals surface area contributed by atoms with Gasteiger partial charge in [-0.25, -0.2) is 0 Å². The molecule has 0 radical (unpaired) electrons. The van der Waals surface area contributed by atoms with Crippen LogP contribution in [0.25, 0.3) is 0 Å². The summed E-state index contributed by atoms with van der Waals surface area (Å²) < 4.78 is 0. The van der Waals surface area contributed by atoms with Crippen molar-refractivity contribution in [1.29, 1.82) is 5.26 Å². The number of nitrogens with zero attached hydrogens (tertiary/aromatic N) is 1. The van der Waals surface area contributed by atoms with E-state index in [-0.39, 0.29) is 12.0 Å². The Morgan fingerprint density at radius 2 is 2.00 bits per heavy atom. The predicted octanol–water partition coefficient (Wildman–Crippen LogP) is 0.856. The zero-order valence-corrected chi connectivity index (χ0v) is 7.22. The highest BCUT2D eigenvalue weighted by Crippen LogP contribution is 2.23. The zero-order chi connectivity index (χ0) is 8.74. The Balaban J connectivity index is 3.96. The number of hydrogen-bond donors (Lipinski definition) is 2. The summed E-state index contributed by atoms with van der Waals surface area (Å²) in [5, 5.41) is 19.9. The van der Waals surface area contributed by atoms with Crippen LogP contribution in [0.2, 0.25) is 0 Å². The second-order valence-electron chi connectivity index (χ2n) is 2.83. The number of nitrogens with one attached hydrogen (secondary N) is 1. The summed E-state index contributed by atoms with van der Waals surface area (Å²) in [6.07, 6.45) is 3.66. The van der Waals surface area contributed by atoms with Crippen LogP contribution < -0.4 is 5.32 Å². The SMILES string of the molecule is CCC(CC)(CO)CNC#N. The van der Waals surface area contributed by atoms with Gasteiger partial charge in [0.2, 0.25) is 0 Å². The molecular formula is C8H16N2O. The third-order valence-electron chi connectivity index (χ3n) is 2.38. The first kappa shape index (κ1) is 10.2. The summed E-state index contributed by atoms with van der Waals surface area (Å²) in [5.41, 5.74) is -0.101. The van der Waals surface area contributed by atoms with Crippen LogP contribution in [-0.2, 0) is 0 Å². The monoisotopic (exact) mass is 156 g/mol. The van der Waals surface area contributed by atoms with Gasteiger partial charge in [-0.1, -0.05) is 13.8 Å². The zero-order valence-electron chi connectivity index (χ0n) is 7.22. The van der Waals surface area contributed by atoms with Crippen molar-refractivity contribution in [3.8, 4) is 6.19 Å². The van der Waals surface area contributed by atoms with E-state index in [9.17, 15) is 0 Å². The fourth-order valence-corrected chi connectivity index (χ4v) is 1.01. The molecule has 0 spiro atoms. The Labute approximate surface area is 68.0 Å². The van der Waals surface area contributed by atoms with Crippen molar-refractivity contribution >= 4 is 0 Å². The van der Waals surface area contributed by atoms with Crippen molar-refractivity contribution in [1.82, 2.24) is 5.32 Å². The van der Waals surface area contributed by atoms with E-state index < -0.39 is 0 Å². The van der Waals surface area contributed by atoms with Crippen molar-refractivity contribution in [2.24, 2.45) is 5.41 Å². The molecule has 0 fully saturated rings. The Hall–Kier alpha value is -0.750. The molecule has 0 saturated heterocycles. The van der Waals surface area contributed by atoms with Gasteiger partial charge >= 0.3 is 0 Å². The quantitative estimate of drug-likeness (QED) is 0.458. The third kappa shape index (κ3) is 2.77. The highest BCUT2D eigenvalue weighted by Gasteiger charge is 2.24. The van der Waals surface area contributed by atoms with E-state index in [1.54, 1.807) is 0 Å². The molecule has 3 heteroatoms. The molecule has 64 valence electrons. The van der Waals surface area contributed by atoms with E-state index in [1.807, 2.05) is 20.0 Å². The lowest BCUT2D eigenvalue weighted by Gasteiger charge is -2.28. The minimum absolute atomic E-state index is 0.101. The van der Waals surface area contributed by atoms with Gasteiger partial charge in [0.1, 0.15) is 0 Å². The molecule has 0 saturated carbocycles. The highest BCUT2D eigenvalue weighted by molar-refractivity contribution is 4.81. The molecule has 0 aromatic heterocycles. The van der Waals surface area contributed by atoms with Gasteiger partial charge in [-0.15, -0.1) is 0 Å². The molecule has 0 bridgehead atoms. The topological polar surface area (TPSA) is 56.0 Å². The van der Waals surface area contributed by atoms with E-state index >= 15 is 0 Å². The predicted molar refractivity (Wildman–Crippen MR) is 43.7 cm³/mol. The summed E-state index contributed by atoms with van der Waals surface area (Å²) in [6.45, 7) is 4.78. The molecule has 0 amide bonds. The Morgan fingerprint density at radius 3 is 2.27 bits per heavy atom. The molecular weight excluding hydrogens is 140 g/mol. The van der Waals surface area contributed by atoms with E-state index in [0.29, 0.717) is 6.54 Å². The molecule has 0 heterocycles. The molecule has 0 aromatic carbocycles. The molecule has 0 aliphatic rings. The summed E-state index contributed by atoms with van der Waals surface area (Å²) in [7, 11) is 0. The molecule has 11 heavy (non-hydrogen) atoms. The van der Waals surface area contributed by atoms with Gasteiger partial charge in [-0.3, -0.25) is 0 Å². The minimum Gasteiger partial charge on any atom is -0.396 e. The third-order valence-corrected chi connectivity index (χ3v) is 2.38. The van der Waals surface area contributed by atoms with Crippen LogP contribution in [0.15, 0.2) is 0 Å². The van der Waals surface area contributed by atoms with E-state index in [4.69, 9.17) is 10.4 Å². The van der Waals surface area contributed by atoms with Crippen LogP contribution in [-0.4, -0.2) is 18.3 Å². The molecule has 0 unspecified atom stereocenters. The lowest BCUT2D eigenvalue weighted by atomic mass is 9.83.